The number of rotatable bonds is 5. The average Bonchev–Trinajstić information content (AvgIpc) is 2.88. The molecule has 0 amide bonds. The molecule has 0 aliphatic heterocycles. The van der Waals surface area contributed by atoms with Crippen molar-refractivity contribution in [2.75, 3.05) is 0 Å². The molecule has 0 bridgehead atoms. The van der Waals surface area contributed by atoms with Crippen LogP contribution in [0.15, 0.2) is 59.2 Å². The fourth-order valence-electron chi connectivity index (χ4n) is 1.65. The second-order valence-electron chi connectivity index (χ2n) is 3.97. The van der Waals surface area contributed by atoms with Crippen molar-refractivity contribution in [3.63, 3.8) is 0 Å². The average molecular weight is 228 g/mol. The topological polar surface area (TPSA) is 33.4 Å². The predicted molar refractivity (Wildman–Crippen MR) is 68.5 cm³/mol. The molecule has 0 aliphatic carbocycles. The van der Waals surface area contributed by atoms with Crippen molar-refractivity contribution in [1.82, 2.24) is 0 Å². The Labute approximate surface area is 101 Å². The summed E-state index contributed by atoms with van der Waals surface area (Å²) in [5, 5.41) is 9.78. The van der Waals surface area contributed by atoms with Gasteiger partial charge in [-0.1, -0.05) is 36.4 Å². The van der Waals surface area contributed by atoms with E-state index in [1.807, 2.05) is 30.3 Å². The van der Waals surface area contributed by atoms with Gasteiger partial charge in [0.2, 0.25) is 0 Å². The van der Waals surface area contributed by atoms with Crippen LogP contribution in [-0.2, 0) is 6.42 Å². The Morgan fingerprint density at radius 1 is 1.12 bits per heavy atom. The molecule has 0 saturated carbocycles. The highest BCUT2D eigenvalue weighted by Gasteiger charge is 2.00. The van der Waals surface area contributed by atoms with Crippen LogP contribution in [0.25, 0.3) is 6.08 Å². The van der Waals surface area contributed by atoms with Gasteiger partial charge in [-0.15, -0.1) is 0 Å². The Morgan fingerprint density at radius 2 is 1.94 bits per heavy atom. The fraction of sp³-hybridized carbons (Fsp3) is 0.200. The maximum Gasteiger partial charge on any atom is 0.126 e. The molecule has 2 nitrogen and oxygen atoms in total. The van der Waals surface area contributed by atoms with Gasteiger partial charge in [-0.25, -0.2) is 0 Å². The first-order valence-corrected chi connectivity index (χ1v) is 5.78. The quantitative estimate of drug-likeness (QED) is 0.852. The molecule has 2 aromatic rings. The number of benzene rings is 1. The first kappa shape index (κ1) is 11.7. The molecular formula is C15H16O2. The second-order valence-corrected chi connectivity index (χ2v) is 3.97. The van der Waals surface area contributed by atoms with Crippen molar-refractivity contribution in [3.05, 3.63) is 66.1 Å². The number of furan rings is 1. The van der Waals surface area contributed by atoms with Crippen LogP contribution in [0.3, 0.4) is 0 Å². The van der Waals surface area contributed by atoms with Crippen LogP contribution in [0.5, 0.6) is 0 Å². The standard InChI is InChI=1S/C15H16O2/c16-14(10-11-15-7-4-12-17-15)9-8-13-5-2-1-3-6-13/h1-7,10-12,14,16H,8-9H2/b11-10+. The Bertz CT molecular complexity index is 443. The molecule has 1 atom stereocenters. The highest BCUT2D eigenvalue weighted by atomic mass is 16.3. The van der Waals surface area contributed by atoms with Gasteiger partial charge in [-0.2, -0.15) is 0 Å². The summed E-state index contributed by atoms with van der Waals surface area (Å²) in [6.45, 7) is 0. The summed E-state index contributed by atoms with van der Waals surface area (Å²) in [6.07, 6.45) is 6.36. The van der Waals surface area contributed by atoms with Gasteiger partial charge in [0.1, 0.15) is 5.76 Å². The van der Waals surface area contributed by atoms with Crippen LogP contribution < -0.4 is 0 Å². The zero-order valence-electron chi connectivity index (χ0n) is 9.62. The zero-order valence-corrected chi connectivity index (χ0v) is 9.62. The summed E-state index contributed by atoms with van der Waals surface area (Å²) in [4.78, 5) is 0. The number of aliphatic hydroxyl groups is 1. The highest BCUT2D eigenvalue weighted by molar-refractivity contribution is 5.42. The van der Waals surface area contributed by atoms with Gasteiger partial charge in [0, 0.05) is 0 Å². The molecule has 1 heterocycles. The smallest absolute Gasteiger partial charge is 0.126 e. The Hall–Kier alpha value is -1.80. The lowest BCUT2D eigenvalue weighted by atomic mass is 10.1. The molecule has 0 spiro atoms. The van der Waals surface area contributed by atoms with E-state index in [-0.39, 0.29) is 0 Å². The van der Waals surface area contributed by atoms with E-state index in [1.165, 1.54) is 5.56 Å². The number of aryl methyl sites for hydroxylation is 1. The second kappa shape index (κ2) is 6.06. The van der Waals surface area contributed by atoms with Gasteiger partial charge in [0.05, 0.1) is 12.4 Å². The van der Waals surface area contributed by atoms with Crippen LogP contribution in [0, 0.1) is 0 Å². The van der Waals surface area contributed by atoms with Crippen molar-refractivity contribution in [1.29, 1.82) is 0 Å². The van der Waals surface area contributed by atoms with Crippen LogP contribution in [0.2, 0.25) is 0 Å². The van der Waals surface area contributed by atoms with Crippen molar-refractivity contribution >= 4 is 6.08 Å². The van der Waals surface area contributed by atoms with E-state index in [2.05, 4.69) is 12.1 Å². The zero-order chi connectivity index (χ0) is 11.9. The van der Waals surface area contributed by atoms with Crippen LogP contribution in [0.1, 0.15) is 17.7 Å². The fourth-order valence-corrected chi connectivity index (χ4v) is 1.65. The van der Waals surface area contributed by atoms with E-state index in [0.717, 1.165) is 18.6 Å². The SMILES string of the molecule is OC(/C=C/c1ccco1)CCc1ccccc1. The monoisotopic (exact) mass is 228 g/mol. The molecule has 1 unspecified atom stereocenters. The van der Waals surface area contributed by atoms with Crippen LogP contribution >= 0.6 is 0 Å². The lowest BCUT2D eigenvalue weighted by Crippen LogP contribution is -2.03. The van der Waals surface area contributed by atoms with Gasteiger partial charge >= 0.3 is 0 Å². The van der Waals surface area contributed by atoms with E-state index >= 15 is 0 Å². The number of hydrogen-bond donors (Lipinski definition) is 1. The molecule has 0 saturated heterocycles. The highest BCUT2D eigenvalue weighted by Crippen LogP contribution is 2.08. The first-order valence-electron chi connectivity index (χ1n) is 5.78. The minimum absolute atomic E-state index is 0.430. The summed E-state index contributed by atoms with van der Waals surface area (Å²) in [5.74, 6) is 0.767. The minimum atomic E-state index is -0.430. The molecule has 2 heteroatoms. The van der Waals surface area contributed by atoms with Crippen LogP contribution in [-0.4, -0.2) is 11.2 Å². The molecule has 2 rings (SSSR count). The largest absolute Gasteiger partial charge is 0.465 e. The maximum atomic E-state index is 9.78. The van der Waals surface area contributed by atoms with Crippen molar-refractivity contribution < 1.29 is 9.52 Å². The third-order valence-electron chi connectivity index (χ3n) is 2.60. The Kier molecular flexibility index (Phi) is 4.17. The summed E-state index contributed by atoms with van der Waals surface area (Å²) >= 11 is 0. The van der Waals surface area contributed by atoms with Gasteiger partial charge in [0.25, 0.3) is 0 Å². The first-order chi connectivity index (χ1) is 8.34. The molecule has 1 aromatic heterocycles. The Balaban J connectivity index is 1.80. The summed E-state index contributed by atoms with van der Waals surface area (Å²) < 4.78 is 5.15. The lowest BCUT2D eigenvalue weighted by molar-refractivity contribution is 0.214. The maximum absolute atomic E-state index is 9.78. The molecular weight excluding hydrogens is 212 g/mol. The van der Waals surface area contributed by atoms with Gasteiger partial charge in [-0.3, -0.25) is 0 Å². The summed E-state index contributed by atoms with van der Waals surface area (Å²) in [5.41, 5.74) is 1.25. The molecule has 17 heavy (non-hydrogen) atoms. The molecule has 1 aromatic carbocycles. The van der Waals surface area contributed by atoms with Gasteiger partial charge in [0.15, 0.2) is 0 Å². The third kappa shape index (κ3) is 3.93. The van der Waals surface area contributed by atoms with Gasteiger partial charge in [-0.05, 0) is 36.6 Å². The van der Waals surface area contributed by atoms with Crippen molar-refractivity contribution in [3.8, 4) is 0 Å². The van der Waals surface area contributed by atoms with E-state index in [1.54, 1.807) is 18.4 Å². The van der Waals surface area contributed by atoms with E-state index in [9.17, 15) is 5.11 Å². The Morgan fingerprint density at radius 3 is 2.65 bits per heavy atom. The summed E-state index contributed by atoms with van der Waals surface area (Å²) in [7, 11) is 0. The number of aliphatic hydroxyl groups excluding tert-OH is 1. The van der Waals surface area contributed by atoms with E-state index < -0.39 is 6.10 Å². The normalized spacial score (nSPS) is 13.0. The molecule has 0 fully saturated rings. The van der Waals surface area contributed by atoms with Crippen molar-refractivity contribution in [2.24, 2.45) is 0 Å². The van der Waals surface area contributed by atoms with E-state index in [0.29, 0.717) is 0 Å². The molecule has 88 valence electrons. The predicted octanol–water partition coefficient (Wildman–Crippen LogP) is 3.29. The van der Waals surface area contributed by atoms with Crippen molar-refractivity contribution in [2.45, 2.75) is 18.9 Å². The molecule has 1 N–H and O–H groups in total. The number of hydrogen-bond acceptors (Lipinski definition) is 2. The lowest BCUT2D eigenvalue weighted by Gasteiger charge is -2.04. The minimum Gasteiger partial charge on any atom is -0.465 e. The molecule has 0 radical (unpaired) electrons. The van der Waals surface area contributed by atoms with Gasteiger partial charge < -0.3 is 9.52 Å². The van der Waals surface area contributed by atoms with Crippen LogP contribution in [0.4, 0.5) is 0 Å². The van der Waals surface area contributed by atoms with E-state index in [4.69, 9.17) is 4.42 Å². The molecule has 0 aliphatic rings. The third-order valence-corrected chi connectivity index (χ3v) is 2.60. The summed E-state index contributed by atoms with van der Waals surface area (Å²) in [6, 6.07) is 13.9.